The quantitative estimate of drug-likeness (QED) is 0.152. The minimum absolute atomic E-state index is 0.0241. The van der Waals surface area contributed by atoms with E-state index >= 15 is 0 Å². The molecule has 14 aromatic rings. The van der Waals surface area contributed by atoms with Gasteiger partial charge in [0.25, 0.3) is 0 Å². The van der Waals surface area contributed by atoms with Crippen molar-refractivity contribution in [2.24, 2.45) is 15.9 Å². The highest BCUT2D eigenvalue weighted by Gasteiger charge is 2.53. The predicted octanol–water partition coefficient (Wildman–Crippen LogP) is 19.6. The second-order valence-electron chi connectivity index (χ2n) is 23.7. The predicted molar refractivity (Wildman–Crippen MR) is 365 cm³/mol. The second kappa shape index (κ2) is 20.4. The molecule has 11 aromatic carbocycles. The van der Waals surface area contributed by atoms with Crippen LogP contribution < -0.4 is 0 Å². The Labute approximate surface area is 515 Å². The van der Waals surface area contributed by atoms with Gasteiger partial charge in [0.05, 0.1) is 38.9 Å². The molecule has 4 heterocycles. The van der Waals surface area contributed by atoms with Crippen molar-refractivity contribution in [3.8, 4) is 67.8 Å². The summed E-state index contributed by atoms with van der Waals surface area (Å²) < 4.78 is 4.93. The number of nitrogens with zero attached hydrogens (tertiary/aromatic N) is 7. The molecule has 3 aliphatic carbocycles. The molecule has 0 radical (unpaired) electrons. The number of aromatic nitrogens is 5. The zero-order chi connectivity index (χ0) is 58.6. The van der Waals surface area contributed by atoms with Crippen LogP contribution in [0.4, 0.5) is 0 Å². The lowest BCUT2D eigenvalue weighted by Crippen LogP contribution is -2.27. The lowest BCUT2D eigenvalue weighted by atomic mass is 9.69. The van der Waals surface area contributed by atoms with Crippen molar-refractivity contribution in [3.05, 3.63) is 325 Å². The molecule has 0 fully saturated rings. The van der Waals surface area contributed by atoms with Crippen LogP contribution in [0.2, 0.25) is 0 Å². The summed E-state index contributed by atoms with van der Waals surface area (Å²) in [7, 11) is 0. The van der Waals surface area contributed by atoms with E-state index in [1.807, 2.05) is 36.4 Å². The molecular formula is C82H55N7. The summed E-state index contributed by atoms with van der Waals surface area (Å²) in [6.07, 6.45) is 13.4. The molecule has 3 aromatic heterocycles. The minimum atomic E-state index is -0.876. The van der Waals surface area contributed by atoms with Crippen molar-refractivity contribution in [1.29, 1.82) is 0 Å². The molecule has 1 spiro atoms. The van der Waals surface area contributed by atoms with E-state index in [0.29, 0.717) is 17.5 Å². The molecule has 1 atom stereocenters. The Bertz CT molecular complexity index is 5080. The molecule has 418 valence electrons. The number of allylic oxidation sites excluding steroid dienone is 4. The fourth-order valence-corrected chi connectivity index (χ4v) is 14.8. The van der Waals surface area contributed by atoms with Crippen molar-refractivity contribution in [3.63, 3.8) is 0 Å². The summed E-state index contributed by atoms with van der Waals surface area (Å²) in [5, 5.41) is 4.88. The molecule has 7 heteroatoms. The van der Waals surface area contributed by atoms with Gasteiger partial charge in [-0.25, -0.2) is 24.9 Å². The highest BCUT2D eigenvalue weighted by Crippen LogP contribution is 2.64. The van der Waals surface area contributed by atoms with Crippen LogP contribution >= 0.6 is 0 Å². The molecule has 1 unspecified atom stereocenters. The molecule has 0 saturated carbocycles. The number of fused-ring (bicyclic) bond motifs is 16. The molecular weight excluding hydrogens is 1080 g/mol. The van der Waals surface area contributed by atoms with E-state index in [-0.39, 0.29) is 5.92 Å². The summed E-state index contributed by atoms with van der Waals surface area (Å²) in [4.78, 5) is 27.1. The second-order valence-corrected chi connectivity index (χ2v) is 23.7. The van der Waals surface area contributed by atoms with E-state index in [0.717, 1.165) is 103 Å². The number of para-hydroxylation sites is 4. The normalized spacial score (nSPS) is 16.0. The molecule has 0 saturated heterocycles. The van der Waals surface area contributed by atoms with Crippen LogP contribution in [0.5, 0.6) is 0 Å². The van der Waals surface area contributed by atoms with Crippen LogP contribution in [0.3, 0.4) is 0 Å². The summed E-state index contributed by atoms with van der Waals surface area (Å²) in [6.45, 7) is 0. The largest absolute Gasteiger partial charge is 0.309 e. The van der Waals surface area contributed by atoms with Crippen molar-refractivity contribution in [2.45, 2.75) is 24.7 Å². The van der Waals surface area contributed by atoms with E-state index < -0.39 is 5.41 Å². The SMILES string of the molecule is C1=CCC(C2=N/C(c3ccccc3)=C\CCC(c3ccc4c(c3)C3(c5cc(-c6nc(-c7ccccc7)nc(-c7ccccc7)n6)ccc5-4)c4cc(-n5c6ccccc6c6ccccc65)ccc4-c4ccc(-n5c6ccccc6c6ccccc65)cc43)=N2)C=C1. The number of amidine groups is 1. The molecule has 0 bridgehead atoms. The number of hydrogen-bond donors (Lipinski definition) is 0. The van der Waals surface area contributed by atoms with E-state index in [2.05, 4.69) is 264 Å². The van der Waals surface area contributed by atoms with Gasteiger partial charge in [-0.15, -0.1) is 0 Å². The number of hydrogen-bond acceptors (Lipinski definition) is 5. The highest BCUT2D eigenvalue weighted by molar-refractivity contribution is 6.13. The van der Waals surface area contributed by atoms with Crippen molar-refractivity contribution < 1.29 is 0 Å². The summed E-state index contributed by atoms with van der Waals surface area (Å²) in [5.74, 6) is 2.69. The van der Waals surface area contributed by atoms with Crippen molar-refractivity contribution in [1.82, 2.24) is 24.1 Å². The molecule has 4 aliphatic rings. The van der Waals surface area contributed by atoms with Crippen LogP contribution in [-0.4, -0.2) is 35.6 Å². The summed E-state index contributed by atoms with van der Waals surface area (Å²) >= 11 is 0. The summed E-state index contributed by atoms with van der Waals surface area (Å²) in [5.41, 5.74) is 22.4. The van der Waals surface area contributed by atoms with Gasteiger partial charge in [0, 0.05) is 55.5 Å². The number of rotatable bonds is 8. The lowest BCUT2D eigenvalue weighted by Gasteiger charge is -2.32. The third-order valence-corrected chi connectivity index (χ3v) is 18.8. The monoisotopic (exact) mass is 1140 g/mol. The Balaban J connectivity index is 0.931. The Morgan fingerprint density at radius 2 is 0.775 bits per heavy atom. The molecule has 0 N–H and O–H groups in total. The zero-order valence-electron chi connectivity index (χ0n) is 48.5. The number of aliphatic imine (C=N–C) groups is 2. The maximum Gasteiger partial charge on any atom is 0.164 e. The third-order valence-electron chi connectivity index (χ3n) is 18.8. The highest BCUT2D eigenvalue weighted by atomic mass is 15.0. The molecule has 7 nitrogen and oxygen atoms in total. The standard InChI is InChI=1S/C82H55N7/c1-5-22-52(23-6-1)72-34-21-35-73(84-78(83-72)53-24-7-2-8-25-53)56-40-44-60-61-45-41-57(81-86-79(54-26-9-3-10-27-54)85-80(87-81)55-28-11-4-12-29-55)49-69(61)82(68(60)48-56)70-50-58(88-74-36-17-13-30-64(74)65-31-14-18-37-75(65)88)42-46-62(70)63-47-43-59(51-71(63)82)89-76-38-19-15-32-66(76)67-33-16-20-39-77(67)89/h1-20,22-24,26-34,36-51,53H,21,25,35H2/b72-34-,83-78?,84-73?. The lowest BCUT2D eigenvalue weighted by molar-refractivity contribution is 0.791. The van der Waals surface area contributed by atoms with E-state index in [1.165, 1.54) is 60.5 Å². The first kappa shape index (κ1) is 50.9. The van der Waals surface area contributed by atoms with Crippen LogP contribution in [-0.2, 0) is 5.41 Å². The maximum atomic E-state index is 5.73. The zero-order valence-corrected chi connectivity index (χ0v) is 48.5. The Morgan fingerprint density at radius 1 is 0.360 bits per heavy atom. The Morgan fingerprint density at radius 3 is 1.26 bits per heavy atom. The van der Waals surface area contributed by atoms with Crippen LogP contribution in [0.1, 0.15) is 52.6 Å². The molecule has 18 rings (SSSR count). The van der Waals surface area contributed by atoms with Crippen LogP contribution in [0.15, 0.2) is 301 Å². The van der Waals surface area contributed by atoms with Gasteiger partial charge in [-0.2, -0.15) is 0 Å². The van der Waals surface area contributed by atoms with Gasteiger partial charge in [-0.05, 0) is 136 Å². The first-order valence-electron chi connectivity index (χ1n) is 30.8. The molecule has 0 amide bonds. The van der Waals surface area contributed by atoms with Gasteiger partial charge in [-0.3, -0.25) is 0 Å². The third kappa shape index (κ3) is 8.01. The fraction of sp³-hybridized carbons (Fsp3) is 0.0610. The van der Waals surface area contributed by atoms with E-state index in [1.54, 1.807) is 0 Å². The van der Waals surface area contributed by atoms with E-state index in [4.69, 9.17) is 24.9 Å². The van der Waals surface area contributed by atoms with Gasteiger partial charge >= 0.3 is 0 Å². The smallest absolute Gasteiger partial charge is 0.164 e. The van der Waals surface area contributed by atoms with Crippen LogP contribution in [0.25, 0.3) is 117 Å². The minimum Gasteiger partial charge on any atom is -0.309 e. The van der Waals surface area contributed by atoms with Gasteiger partial charge in [0.2, 0.25) is 0 Å². The Hall–Kier alpha value is -11.4. The first-order chi connectivity index (χ1) is 44.1. The average molecular weight is 1140 g/mol. The first-order valence-corrected chi connectivity index (χ1v) is 30.8. The van der Waals surface area contributed by atoms with Gasteiger partial charge in [0.1, 0.15) is 5.84 Å². The van der Waals surface area contributed by atoms with Gasteiger partial charge in [-0.1, -0.05) is 231 Å². The summed E-state index contributed by atoms with van der Waals surface area (Å²) in [6, 6.07) is 95.0. The number of benzene rings is 11. The van der Waals surface area contributed by atoms with Crippen molar-refractivity contribution in [2.75, 3.05) is 0 Å². The molecule has 1 aliphatic heterocycles. The topological polar surface area (TPSA) is 73.2 Å². The van der Waals surface area contributed by atoms with Gasteiger partial charge in [0.15, 0.2) is 17.5 Å². The Kier molecular flexibility index (Phi) is 11.6. The van der Waals surface area contributed by atoms with Crippen LogP contribution in [0, 0.1) is 5.92 Å². The van der Waals surface area contributed by atoms with E-state index in [9.17, 15) is 0 Å². The fourth-order valence-electron chi connectivity index (χ4n) is 14.8. The molecule has 89 heavy (non-hydrogen) atoms. The van der Waals surface area contributed by atoms with Crippen molar-refractivity contribution >= 4 is 60.9 Å². The average Bonchev–Trinajstić information content (AvgIpc) is 1.51. The maximum absolute atomic E-state index is 5.73. The van der Waals surface area contributed by atoms with Gasteiger partial charge < -0.3 is 9.13 Å².